The van der Waals surface area contributed by atoms with Crippen LogP contribution in [0.4, 0.5) is 13.2 Å². The van der Waals surface area contributed by atoms with Gasteiger partial charge in [0.15, 0.2) is 0 Å². The lowest BCUT2D eigenvalue weighted by Crippen LogP contribution is -2.45. The first-order valence-electron chi connectivity index (χ1n) is 4.34. The Kier molecular flexibility index (Phi) is 3.57. The number of hydrogen-bond donors (Lipinski definition) is 1. The van der Waals surface area contributed by atoms with Gasteiger partial charge in [0.1, 0.15) is 6.17 Å². The summed E-state index contributed by atoms with van der Waals surface area (Å²) in [7, 11) is 0. The summed E-state index contributed by atoms with van der Waals surface area (Å²) in [6.07, 6.45) is -1.85. The maximum atomic E-state index is 13.0. The van der Waals surface area contributed by atoms with Crippen LogP contribution < -0.4 is 5.32 Å². The molecule has 5 heteroatoms. The molecule has 0 aliphatic heterocycles. The Morgan fingerprint density at radius 1 is 1.31 bits per heavy atom. The summed E-state index contributed by atoms with van der Waals surface area (Å²) in [5.74, 6) is -1.37. The van der Waals surface area contributed by atoms with Crippen LogP contribution in [0.2, 0.25) is 0 Å². The van der Waals surface area contributed by atoms with E-state index in [9.17, 15) is 18.0 Å². The van der Waals surface area contributed by atoms with Gasteiger partial charge in [0.05, 0.1) is 6.04 Å². The Labute approximate surface area is 74.5 Å². The van der Waals surface area contributed by atoms with E-state index in [2.05, 4.69) is 0 Å². The molecule has 0 heterocycles. The Balaban J connectivity index is 2.38. The van der Waals surface area contributed by atoms with Crippen molar-refractivity contribution in [1.29, 1.82) is 0 Å². The first kappa shape index (κ1) is 10.3. The number of halogens is 3. The third-order valence-corrected chi connectivity index (χ3v) is 2.21. The summed E-state index contributed by atoms with van der Waals surface area (Å²) in [5.41, 5.74) is 0. The molecule has 1 rings (SSSR count). The predicted octanol–water partition coefficient (Wildman–Crippen LogP) is 1.65. The van der Waals surface area contributed by atoms with Crippen LogP contribution in [-0.4, -0.2) is 24.5 Å². The average molecular weight is 195 g/mol. The van der Waals surface area contributed by atoms with E-state index >= 15 is 0 Å². The normalized spacial score (nSPS) is 28.9. The minimum atomic E-state index is -3.05. The van der Waals surface area contributed by atoms with Crippen LogP contribution in [0.5, 0.6) is 0 Å². The van der Waals surface area contributed by atoms with E-state index in [1.807, 2.05) is 5.32 Å². The fourth-order valence-corrected chi connectivity index (χ4v) is 1.49. The van der Waals surface area contributed by atoms with Crippen molar-refractivity contribution in [3.8, 4) is 0 Å². The third-order valence-electron chi connectivity index (χ3n) is 2.21. The van der Waals surface area contributed by atoms with E-state index in [1.54, 1.807) is 0 Å². The van der Waals surface area contributed by atoms with Gasteiger partial charge >= 0.3 is 6.43 Å². The maximum Gasteiger partial charge on any atom is 0.315 e. The highest BCUT2D eigenvalue weighted by atomic mass is 19.3. The molecule has 1 fully saturated rings. The van der Waals surface area contributed by atoms with Crippen LogP contribution in [0.3, 0.4) is 0 Å². The topological polar surface area (TPSA) is 29.1 Å². The second-order valence-electron chi connectivity index (χ2n) is 3.22. The van der Waals surface area contributed by atoms with Crippen molar-refractivity contribution in [1.82, 2.24) is 5.32 Å². The van der Waals surface area contributed by atoms with Gasteiger partial charge < -0.3 is 5.32 Å². The van der Waals surface area contributed by atoms with Gasteiger partial charge in [-0.3, -0.25) is 4.79 Å². The first-order chi connectivity index (χ1) is 6.11. The van der Waals surface area contributed by atoms with Crippen LogP contribution in [-0.2, 0) is 4.79 Å². The molecular formula is C8H12F3NO. The Morgan fingerprint density at radius 2 is 1.92 bits per heavy atom. The second kappa shape index (κ2) is 4.48. The summed E-state index contributed by atoms with van der Waals surface area (Å²) in [6.45, 7) is 0. The molecule has 13 heavy (non-hydrogen) atoms. The molecule has 0 saturated heterocycles. The predicted molar refractivity (Wildman–Crippen MR) is 41.3 cm³/mol. The molecule has 76 valence electrons. The summed E-state index contributed by atoms with van der Waals surface area (Å²) < 4.78 is 36.6. The average Bonchev–Trinajstić information content (AvgIpc) is 2.08. The molecule has 1 N–H and O–H groups in total. The van der Waals surface area contributed by atoms with Gasteiger partial charge in [0, 0.05) is 0 Å². The van der Waals surface area contributed by atoms with Crippen molar-refractivity contribution in [3.05, 3.63) is 0 Å². The molecule has 0 radical (unpaired) electrons. The lowest BCUT2D eigenvalue weighted by Gasteiger charge is -2.26. The minimum absolute atomic E-state index is 0.355. The van der Waals surface area contributed by atoms with Crippen LogP contribution in [0.1, 0.15) is 25.7 Å². The van der Waals surface area contributed by atoms with Crippen molar-refractivity contribution in [2.24, 2.45) is 0 Å². The molecule has 1 saturated carbocycles. The minimum Gasteiger partial charge on any atom is -0.345 e. The number of amides is 1. The zero-order valence-corrected chi connectivity index (χ0v) is 7.10. The van der Waals surface area contributed by atoms with E-state index in [-0.39, 0.29) is 0 Å². The molecule has 1 amide bonds. The van der Waals surface area contributed by atoms with Gasteiger partial charge in [-0.1, -0.05) is 12.8 Å². The zero-order valence-electron chi connectivity index (χ0n) is 7.10. The summed E-state index contributed by atoms with van der Waals surface area (Å²) in [5, 5.41) is 2.00. The fourth-order valence-electron chi connectivity index (χ4n) is 1.49. The van der Waals surface area contributed by atoms with E-state index in [0.717, 1.165) is 12.8 Å². The van der Waals surface area contributed by atoms with Crippen molar-refractivity contribution < 1.29 is 18.0 Å². The molecule has 1 aliphatic rings. The number of nitrogens with one attached hydrogen (secondary N) is 1. The lowest BCUT2D eigenvalue weighted by atomic mass is 9.94. The van der Waals surface area contributed by atoms with Gasteiger partial charge in [-0.2, -0.15) is 8.78 Å². The molecule has 0 bridgehead atoms. The number of carbonyl (C=O) groups is 1. The Bertz CT molecular complexity index is 186. The van der Waals surface area contributed by atoms with Crippen molar-refractivity contribution in [2.75, 3.05) is 0 Å². The molecule has 0 unspecified atom stereocenters. The molecule has 1 aliphatic carbocycles. The Morgan fingerprint density at radius 3 is 2.46 bits per heavy atom. The summed E-state index contributed by atoms with van der Waals surface area (Å²) in [6, 6.07) is -0.713. The van der Waals surface area contributed by atoms with Crippen LogP contribution >= 0.6 is 0 Å². The van der Waals surface area contributed by atoms with Crippen LogP contribution in [0, 0.1) is 0 Å². The lowest BCUT2D eigenvalue weighted by molar-refractivity contribution is -0.133. The number of alkyl halides is 3. The van der Waals surface area contributed by atoms with E-state index in [0.29, 0.717) is 12.8 Å². The number of carbonyl (C=O) groups excluding carboxylic acids is 1. The smallest absolute Gasteiger partial charge is 0.315 e. The molecule has 0 spiro atoms. The number of hydrogen-bond acceptors (Lipinski definition) is 1. The summed E-state index contributed by atoms with van der Waals surface area (Å²) >= 11 is 0. The highest BCUT2D eigenvalue weighted by Crippen LogP contribution is 2.21. The van der Waals surface area contributed by atoms with Gasteiger partial charge in [0.25, 0.3) is 5.91 Å². The first-order valence-corrected chi connectivity index (χ1v) is 4.34. The van der Waals surface area contributed by atoms with Gasteiger partial charge in [-0.25, -0.2) is 4.39 Å². The highest BCUT2D eigenvalue weighted by Gasteiger charge is 2.28. The molecule has 0 aromatic carbocycles. The van der Waals surface area contributed by atoms with Crippen molar-refractivity contribution in [3.63, 3.8) is 0 Å². The van der Waals surface area contributed by atoms with Gasteiger partial charge in [-0.15, -0.1) is 0 Å². The zero-order chi connectivity index (χ0) is 9.84. The SMILES string of the molecule is O=C(N[C@@H]1CCCC[C@H]1F)C(F)F. The second-order valence-corrected chi connectivity index (χ2v) is 3.22. The molecular weight excluding hydrogens is 183 g/mol. The van der Waals surface area contributed by atoms with Gasteiger partial charge in [-0.05, 0) is 12.8 Å². The molecule has 2 nitrogen and oxygen atoms in total. The quantitative estimate of drug-likeness (QED) is 0.713. The number of rotatable bonds is 2. The largest absolute Gasteiger partial charge is 0.345 e. The third kappa shape index (κ3) is 2.90. The van der Waals surface area contributed by atoms with Crippen molar-refractivity contribution in [2.45, 2.75) is 44.3 Å². The molecule has 2 atom stereocenters. The standard InChI is InChI=1S/C8H12F3NO/c9-5-3-1-2-4-6(5)12-8(13)7(10)11/h5-7H,1-4H2,(H,12,13)/t5-,6-/m1/s1. The van der Waals surface area contributed by atoms with E-state index < -0.39 is 24.5 Å². The van der Waals surface area contributed by atoms with Gasteiger partial charge in [0.2, 0.25) is 0 Å². The maximum absolute atomic E-state index is 13.0. The Hall–Kier alpha value is -0.740. The fraction of sp³-hybridized carbons (Fsp3) is 0.875. The monoisotopic (exact) mass is 195 g/mol. The van der Waals surface area contributed by atoms with E-state index in [4.69, 9.17) is 0 Å². The summed E-state index contributed by atoms with van der Waals surface area (Å²) in [4.78, 5) is 10.5. The van der Waals surface area contributed by atoms with Crippen LogP contribution in [0.25, 0.3) is 0 Å². The van der Waals surface area contributed by atoms with Crippen LogP contribution in [0.15, 0.2) is 0 Å². The van der Waals surface area contributed by atoms with Crippen molar-refractivity contribution >= 4 is 5.91 Å². The van der Waals surface area contributed by atoms with E-state index in [1.165, 1.54) is 0 Å². The highest BCUT2D eigenvalue weighted by molar-refractivity contribution is 5.79. The molecule has 0 aromatic rings. The molecule has 0 aromatic heterocycles.